The summed E-state index contributed by atoms with van der Waals surface area (Å²) in [4.78, 5) is 2.51. The zero-order valence-electron chi connectivity index (χ0n) is 21.7. The van der Waals surface area contributed by atoms with Crippen LogP contribution >= 0.6 is 11.3 Å². The molecule has 0 spiro atoms. The van der Waals surface area contributed by atoms with E-state index in [1.165, 1.54) is 48.3 Å². The maximum atomic E-state index is 6.66. The van der Waals surface area contributed by atoms with Gasteiger partial charge in [-0.15, -0.1) is 11.3 Å². The van der Waals surface area contributed by atoms with Crippen LogP contribution in [0.5, 0.6) is 0 Å². The third-order valence-corrected chi connectivity index (χ3v) is 9.01. The molecule has 0 amide bonds. The SMILES string of the molecule is c1ccc(-c2ccccc2-c2sc(-c3c(-c4ccccc4)ccc4c3oc3ccccc34)c3ccccc23)cc1. The van der Waals surface area contributed by atoms with Crippen LogP contribution in [-0.4, -0.2) is 0 Å². The number of hydrogen-bond acceptors (Lipinski definition) is 2. The van der Waals surface area contributed by atoms with Gasteiger partial charge in [0.25, 0.3) is 0 Å². The van der Waals surface area contributed by atoms with E-state index in [-0.39, 0.29) is 0 Å². The van der Waals surface area contributed by atoms with E-state index in [1.54, 1.807) is 0 Å². The minimum absolute atomic E-state index is 0.916. The molecule has 0 saturated carbocycles. The average Bonchev–Trinajstić information content (AvgIpc) is 3.60. The van der Waals surface area contributed by atoms with Crippen molar-refractivity contribution >= 4 is 44.0 Å². The molecule has 0 saturated heterocycles. The molecule has 2 heterocycles. The summed E-state index contributed by atoms with van der Waals surface area (Å²) in [6, 6.07) is 51.7. The molecule has 2 aromatic heterocycles. The molecular formula is C38H24OS. The van der Waals surface area contributed by atoms with Crippen LogP contribution in [0.25, 0.3) is 75.8 Å². The van der Waals surface area contributed by atoms with Gasteiger partial charge >= 0.3 is 0 Å². The molecule has 0 N–H and O–H groups in total. The van der Waals surface area contributed by atoms with Crippen LogP contribution in [0, 0.1) is 0 Å². The lowest BCUT2D eigenvalue weighted by atomic mass is 9.93. The highest BCUT2D eigenvalue weighted by Gasteiger charge is 2.23. The average molecular weight is 529 g/mol. The molecule has 0 aliphatic heterocycles. The molecule has 8 rings (SSSR count). The Labute approximate surface area is 236 Å². The predicted molar refractivity (Wildman–Crippen MR) is 171 cm³/mol. The molecule has 40 heavy (non-hydrogen) atoms. The third-order valence-electron chi connectivity index (χ3n) is 7.74. The molecule has 0 unspecified atom stereocenters. The first-order chi connectivity index (χ1) is 19.9. The van der Waals surface area contributed by atoms with E-state index in [4.69, 9.17) is 4.42 Å². The third kappa shape index (κ3) is 3.61. The first-order valence-electron chi connectivity index (χ1n) is 13.5. The Morgan fingerprint density at radius 2 is 0.925 bits per heavy atom. The van der Waals surface area contributed by atoms with Gasteiger partial charge in [0.1, 0.15) is 11.2 Å². The van der Waals surface area contributed by atoms with Gasteiger partial charge in [0.05, 0.1) is 0 Å². The van der Waals surface area contributed by atoms with Gasteiger partial charge in [-0.25, -0.2) is 0 Å². The van der Waals surface area contributed by atoms with Gasteiger partial charge in [-0.05, 0) is 34.4 Å². The number of hydrogen-bond donors (Lipinski definition) is 0. The first-order valence-corrected chi connectivity index (χ1v) is 14.3. The Bertz CT molecular complexity index is 2150. The van der Waals surface area contributed by atoms with E-state index in [2.05, 4.69) is 140 Å². The fraction of sp³-hybridized carbons (Fsp3) is 0. The van der Waals surface area contributed by atoms with Crippen LogP contribution < -0.4 is 0 Å². The number of furan rings is 1. The van der Waals surface area contributed by atoms with Crippen LogP contribution in [-0.2, 0) is 0 Å². The molecule has 188 valence electrons. The number of benzene rings is 6. The van der Waals surface area contributed by atoms with E-state index < -0.39 is 0 Å². The molecule has 2 heteroatoms. The summed E-state index contributed by atoms with van der Waals surface area (Å²) >= 11 is 1.86. The van der Waals surface area contributed by atoms with Crippen molar-refractivity contribution in [3.05, 3.63) is 146 Å². The summed E-state index contributed by atoms with van der Waals surface area (Å²) in [6.45, 7) is 0. The lowest BCUT2D eigenvalue weighted by Gasteiger charge is -2.10. The predicted octanol–water partition coefficient (Wildman–Crippen LogP) is 11.5. The molecule has 0 atom stereocenters. The van der Waals surface area contributed by atoms with Crippen LogP contribution in [0.15, 0.2) is 150 Å². The summed E-state index contributed by atoms with van der Waals surface area (Å²) in [5, 5.41) is 4.80. The number of thiophene rings is 1. The lowest BCUT2D eigenvalue weighted by Crippen LogP contribution is -1.85. The second-order valence-corrected chi connectivity index (χ2v) is 11.1. The highest BCUT2D eigenvalue weighted by Crippen LogP contribution is 2.51. The van der Waals surface area contributed by atoms with Crippen molar-refractivity contribution in [3.63, 3.8) is 0 Å². The monoisotopic (exact) mass is 528 g/mol. The second-order valence-electron chi connectivity index (χ2n) is 10.0. The molecule has 0 aliphatic rings. The van der Waals surface area contributed by atoms with Crippen molar-refractivity contribution in [2.24, 2.45) is 0 Å². The largest absolute Gasteiger partial charge is 0.455 e. The fourth-order valence-corrected chi connectivity index (χ4v) is 7.27. The van der Waals surface area contributed by atoms with Crippen molar-refractivity contribution in [3.8, 4) is 43.1 Å². The molecule has 0 radical (unpaired) electrons. The molecule has 6 aromatic carbocycles. The van der Waals surface area contributed by atoms with E-state index in [0.717, 1.165) is 27.5 Å². The molecule has 0 fully saturated rings. The topological polar surface area (TPSA) is 13.1 Å². The minimum atomic E-state index is 0.916. The van der Waals surface area contributed by atoms with Gasteiger partial charge in [0.15, 0.2) is 0 Å². The molecule has 1 nitrogen and oxygen atoms in total. The van der Waals surface area contributed by atoms with E-state index in [9.17, 15) is 0 Å². The maximum Gasteiger partial charge on any atom is 0.144 e. The van der Waals surface area contributed by atoms with Crippen LogP contribution in [0.2, 0.25) is 0 Å². The second kappa shape index (κ2) is 9.37. The molecule has 8 aromatic rings. The quantitative estimate of drug-likeness (QED) is 0.221. The van der Waals surface area contributed by atoms with Crippen LogP contribution in [0.1, 0.15) is 0 Å². The normalized spacial score (nSPS) is 11.5. The van der Waals surface area contributed by atoms with Crippen molar-refractivity contribution in [1.82, 2.24) is 0 Å². The van der Waals surface area contributed by atoms with Crippen molar-refractivity contribution in [2.75, 3.05) is 0 Å². The fourth-order valence-electron chi connectivity index (χ4n) is 5.90. The van der Waals surface area contributed by atoms with E-state index >= 15 is 0 Å². The van der Waals surface area contributed by atoms with Gasteiger partial charge in [0, 0.05) is 42.4 Å². The number of fused-ring (bicyclic) bond motifs is 4. The van der Waals surface area contributed by atoms with Crippen LogP contribution in [0.4, 0.5) is 0 Å². The number of para-hydroxylation sites is 1. The van der Waals surface area contributed by atoms with Gasteiger partial charge in [-0.2, -0.15) is 0 Å². The summed E-state index contributed by atoms with van der Waals surface area (Å²) in [7, 11) is 0. The van der Waals surface area contributed by atoms with Gasteiger partial charge in [0.2, 0.25) is 0 Å². The maximum absolute atomic E-state index is 6.66. The van der Waals surface area contributed by atoms with Gasteiger partial charge in [-0.3, -0.25) is 0 Å². The Kier molecular flexibility index (Phi) is 5.39. The minimum Gasteiger partial charge on any atom is -0.455 e. The molecule has 0 aliphatic carbocycles. The Hall–Kier alpha value is -4.92. The standard InChI is InChI=1S/C38H24OS/c1-3-13-25(14-4-1)27-17-7-8-19-31(27)37-32-20-9-10-21-33(32)38(40-37)35-28(26-15-5-2-6-16-26)23-24-30-29-18-11-12-22-34(29)39-36(30)35/h1-24H. The van der Waals surface area contributed by atoms with Crippen molar-refractivity contribution in [1.29, 1.82) is 0 Å². The van der Waals surface area contributed by atoms with Crippen LogP contribution in [0.3, 0.4) is 0 Å². The van der Waals surface area contributed by atoms with Gasteiger partial charge in [-0.1, -0.05) is 133 Å². The van der Waals surface area contributed by atoms with Crippen molar-refractivity contribution in [2.45, 2.75) is 0 Å². The Balaban J connectivity index is 1.48. The summed E-state index contributed by atoms with van der Waals surface area (Å²) in [5.41, 5.74) is 9.10. The summed E-state index contributed by atoms with van der Waals surface area (Å²) < 4.78 is 6.66. The van der Waals surface area contributed by atoms with E-state index in [1.807, 2.05) is 17.4 Å². The zero-order valence-corrected chi connectivity index (χ0v) is 22.5. The Morgan fingerprint density at radius 3 is 1.65 bits per heavy atom. The molecule has 0 bridgehead atoms. The van der Waals surface area contributed by atoms with E-state index in [0.29, 0.717) is 0 Å². The zero-order chi connectivity index (χ0) is 26.5. The summed E-state index contributed by atoms with van der Waals surface area (Å²) in [6.07, 6.45) is 0. The number of rotatable bonds is 4. The Morgan fingerprint density at radius 1 is 0.375 bits per heavy atom. The molecular weight excluding hydrogens is 504 g/mol. The smallest absolute Gasteiger partial charge is 0.144 e. The lowest BCUT2D eigenvalue weighted by molar-refractivity contribution is 0.670. The highest BCUT2D eigenvalue weighted by atomic mass is 32.1. The summed E-state index contributed by atoms with van der Waals surface area (Å²) in [5.74, 6) is 0. The van der Waals surface area contributed by atoms with Crippen molar-refractivity contribution < 1.29 is 4.42 Å². The highest BCUT2D eigenvalue weighted by molar-refractivity contribution is 7.21. The van der Waals surface area contributed by atoms with Gasteiger partial charge < -0.3 is 4.42 Å². The first kappa shape index (κ1) is 23.0.